The molecule has 8 heteroatoms. The van der Waals surface area contributed by atoms with Crippen molar-refractivity contribution >= 4 is 14.6 Å². The third-order valence-corrected chi connectivity index (χ3v) is 9.04. The molecule has 0 bridgehead atoms. The molecule has 0 saturated heterocycles. The Hall–Kier alpha value is -0.930. The number of carbonyl (C=O) groups excluding carboxylic acids is 1. The number of nitrogens with zero attached hydrogens (tertiary/aromatic N) is 2. The lowest BCUT2D eigenvalue weighted by Gasteiger charge is -2.35. The van der Waals surface area contributed by atoms with Gasteiger partial charge in [-0.05, 0) is 47.0 Å². The van der Waals surface area contributed by atoms with Gasteiger partial charge in [-0.3, -0.25) is 0 Å². The van der Waals surface area contributed by atoms with Gasteiger partial charge in [0.05, 0.1) is 32.3 Å². The van der Waals surface area contributed by atoms with E-state index in [-0.39, 0.29) is 6.09 Å². The Morgan fingerprint density at radius 3 is 1.65 bits per heavy atom. The minimum atomic E-state index is -1.16. The molecule has 0 aromatic rings. The van der Waals surface area contributed by atoms with Crippen LogP contribution in [0.1, 0.15) is 157 Å². The van der Waals surface area contributed by atoms with Crippen molar-refractivity contribution in [3.05, 3.63) is 0 Å². The van der Waals surface area contributed by atoms with Crippen molar-refractivity contribution < 1.29 is 18.6 Å². The van der Waals surface area contributed by atoms with Crippen LogP contribution in [0.4, 0.5) is 4.79 Å². The molecule has 40 heavy (non-hydrogen) atoms. The summed E-state index contributed by atoms with van der Waals surface area (Å²) in [6.07, 6.45) is 22.6. The number of nitrogens with one attached hydrogen (secondary N) is 1. The number of ether oxygens (including phenoxy) is 1. The van der Waals surface area contributed by atoms with Gasteiger partial charge < -0.3 is 19.1 Å². The number of alkyl carbamates (subject to hydrolysis) is 1. The van der Waals surface area contributed by atoms with Gasteiger partial charge in [-0.1, -0.05) is 103 Å². The van der Waals surface area contributed by atoms with Gasteiger partial charge in [0, 0.05) is 18.6 Å². The lowest BCUT2D eigenvalue weighted by Crippen LogP contribution is -2.33. The maximum absolute atomic E-state index is 11.9. The molecule has 0 heterocycles. The minimum Gasteiger partial charge on any atom is -0.450 e. The molecule has 0 saturated carbocycles. The monoisotopic (exact) mass is 585 g/mol. The van der Waals surface area contributed by atoms with Gasteiger partial charge in [-0.25, -0.2) is 9.46 Å². The molecule has 0 radical (unpaired) electrons. The van der Waals surface area contributed by atoms with Gasteiger partial charge in [0.1, 0.15) is 0 Å². The first-order chi connectivity index (χ1) is 19.4. The second kappa shape index (κ2) is 29.6. The Balaban J connectivity index is 3.60. The largest absolute Gasteiger partial charge is 0.450 e. The molecular weight excluding hydrogens is 521 g/mol. The zero-order valence-corrected chi connectivity index (χ0v) is 27.8. The summed E-state index contributed by atoms with van der Waals surface area (Å²) in [5.41, 5.74) is 0. The van der Waals surface area contributed by atoms with Crippen LogP contribution < -0.4 is 5.32 Å². The van der Waals surface area contributed by atoms with E-state index in [1.165, 1.54) is 77.0 Å². The van der Waals surface area contributed by atoms with Crippen LogP contribution in [0.3, 0.4) is 0 Å². The number of hydrogen-bond acceptors (Lipinski definition) is 6. The fourth-order valence-corrected chi connectivity index (χ4v) is 6.37. The molecule has 236 valence electrons. The van der Waals surface area contributed by atoms with Crippen LogP contribution in [0.15, 0.2) is 0 Å². The number of nitriles is 1. The van der Waals surface area contributed by atoms with Gasteiger partial charge in [0.15, 0.2) is 0 Å². The summed E-state index contributed by atoms with van der Waals surface area (Å²) >= 11 is 0. The Bertz CT molecular complexity index is 593. The average Bonchev–Trinajstić information content (AvgIpc) is 2.91. The zero-order valence-electron chi connectivity index (χ0n) is 26.9. The number of unbranched alkanes of at least 4 members (excludes halogenated alkanes) is 16. The van der Waals surface area contributed by atoms with Crippen molar-refractivity contribution in [2.75, 3.05) is 26.4 Å². The molecule has 0 aromatic carbocycles. The number of carbonyl (C=O) groups is 1. The predicted molar refractivity (Wildman–Crippen MR) is 169 cm³/mol. The van der Waals surface area contributed by atoms with E-state index in [0.29, 0.717) is 44.9 Å². The van der Waals surface area contributed by atoms with Gasteiger partial charge >= 0.3 is 6.09 Å². The summed E-state index contributed by atoms with van der Waals surface area (Å²) in [5, 5.41) is 11.7. The van der Waals surface area contributed by atoms with Gasteiger partial charge in [-0.15, -0.1) is 0 Å². The van der Waals surface area contributed by atoms with Gasteiger partial charge in [0.25, 0.3) is 8.53 Å². The third-order valence-electron chi connectivity index (χ3n) is 6.94. The Kier molecular flexibility index (Phi) is 28.9. The number of amides is 1. The first-order valence-corrected chi connectivity index (χ1v) is 17.7. The summed E-state index contributed by atoms with van der Waals surface area (Å²) < 4.78 is 19.6. The van der Waals surface area contributed by atoms with Gasteiger partial charge in [-0.2, -0.15) is 5.26 Å². The molecule has 0 aliphatic rings. The van der Waals surface area contributed by atoms with Crippen LogP contribution in [-0.2, 0) is 13.8 Å². The standard InChI is InChI=1S/C32H64N3O4P/c1-6-7-8-9-10-11-12-13-14-15-16-17-19-22-27-37-32(36)34-26-21-18-20-23-28-38-40(39-29-24-25-33)35(30(2)3)31(4)5/h30-31H,6-24,26-29H2,1-5H3,(H,34,36). The molecule has 1 amide bonds. The van der Waals surface area contributed by atoms with Crippen molar-refractivity contribution in [1.29, 1.82) is 5.26 Å². The van der Waals surface area contributed by atoms with E-state index in [0.717, 1.165) is 38.5 Å². The van der Waals surface area contributed by atoms with Crippen molar-refractivity contribution in [2.24, 2.45) is 0 Å². The number of rotatable bonds is 29. The maximum Gasteiger partial charge on any atom is 0.407 e. The highest BCUT2D eigenvalue weighted by atomic mass is 31.2. The van der Waals surface area contributed by atoms with Crippen LogP contribution in [0, 0.1) is 11.3 Å². The van der Waals surface area contributed by atoms with Crippen molar-refractivity contribution in [2.45, 2.75) is 169 Å². The molecule has 7 nitrogen and oxygen atoms in total. The molecule has 0 aromatic heterocycles. The molecular formula is C32H64N3O4P. The Labute approximate surface area is 249 Å². The van der Waals surface area contributed by atoms with E-state index in [1.54, 1.807) is 0 Å². The highest BCUT2D eigenvalue weighted by molar-refractivity contribution is 7.44. The lowest BCUT2D eigenvalue weighted by atomic mass is 10.0. The van der Waals surface area contributed by atoms with E-state index in [9.17, 15) is 4.79 Å². The fourth-order valence-electron chi connectivity index (χ4n) is 4.74. The van der Waals surface area contributed by atoms with E-state index in [4.69, 9.17) is 19.0 Å². The van der Waals surface area contributed by atoms with Crippen molar-refractivity contribution in [3.8, 4) is 6.07 Å². The lowest BCUT2D eigenvalue weighted by molar-refractivity contribution is 0.143. The van der Waals surface area contributed by atoms with E-state index >= 15 is 0 Å². The molecule has 0 fully saturated rings. The van der Waals surface area contributed by atoms with Crippen LogP contribution >= 0.6 is 8.53 Å². The maximum atomic E-state index is 11.9. The molecule has 0 aliphatic heterocycles. The topological polar surface area (TPSA) is 83.8 Å². The van der Waals surface area contributed by atoms with Crippen LogP contribution in [-0.4, -0.2) is 49.2 Å². The SMILES string of the molecule is CCCCCCCCCCCCCCCCOC(=O)NCCCCCCOP(OCCC#N)N(C(C)C)C(C)C. The summed E-state index contributed by atoms with van der Waals surface area (Å²) in [7, 11) is -1.16. The Morgan fingerprint density at radius 2 is 1.15 bits per heavy atom. The van der Waals surface area contributed by atoms with Gasteiger partial charge in [0.2, 0.25) is 0 Å². The van der Waals surface area contributed by atoms with Crippen LogP contribution in [0.5, 0.6) is 0 Å². The summed E-state index contributed by atoms with van der Waals surface area (Å²) in [6, 6.07) is 2.76. The highest BCUT2D eigenvalue weighted by Gasteiger charge is 2.26. The number of hydrogen-bond donors (Lipinski definition) is 1. The second-order valence-electron chi connectivity index (χ2n) is 11.5. The molecule has 0 rings (SSSR count). The fraction of sp³-hybridized carbons (Fsp3) is 0.938. The molecule has 1 N–H and O–H groups in total. The van der Waals surface area contributed by atoms with Crippen LogP contribution in [0.2, 0.25) is 0 Å². The minimum absolute atomic E-state index is 0.291. The first-order valence-electron chi connectivity index (χ1n) is 16.6. The summed E-state index contributed by atoms with van der Waals surface area (Å²) in [4.78, 5) is 11.9. The van der Waals surface area contributed by atoms with E-state index < -0.39 is 8.53 Å². The zero-order chi connectivity index (χ0) is 29.7. The van der Waals surface area contributed by atoms with E-state index in [2.05, 4.69) is 50.7 Å². The summed E-state index contributed by atoms with van der Waals surface area (Å²) in [5.74, 6) is 0. The van der Waals surface area contributed by atoms with E-state index in [1.807, 2.05) is 0 Å². The Morgan fingerprint density at radius 1 is 0.700 bits per heavy atom. The predicted octanol–water partition coefficient (Wildman–Crippen LogP) is 10.0. The summed E-state index contributed by atoms with van der Waals surface area (Å²) in [6.45, 7) is 13.1. The quantitative estimate of drug-likeness (QED) is 0.0694. The molecule has 0 aliphatic carbocycles. The smallest absolute Gasteiger partial charge is 0.407 e. The first kappa shape index (κ1) is 39.1. The van der Waals surface area contributed by atoms with Crippen molar-refractivity contribution in [1.82, 2.24) is 9.99 Å². The third kappa shape index (κ3) is 24.8. The highest BCUT2D eigenvalue weighted by Crippen LogP contribution is 2.46. The molecule has 1 atom stereocenters. The normalized spacial score (nSPS) is 12.3. The average molecular weight is 586 g/mol. The molecule has 0 spiro atoms. The molecule has 1 unspecified atom stereocenters. The van der Waals surface area contributed by atoms with Crippen molar-refractivity contribution in [3.63, 3.8) is 0 Å². The second-order valence-corrected chi connectivity index (χ2v) is 12.9. The van der Waals surface area contributed by atoms with Crippen LogP contribution in [0.25, 0.3) is 0 Å².